The number of aromatic nitrogens is 1. The van der Waals surface area contributed by atoms with Crippen LogP contribution < -0.4 is 4.90 Å². The fraction of sp³-hybridized carbons (Fsp3) is 0.250. The van der Waals surface area contributed by atoms with Crippen molar-refractivity contribution in [3.63, 3.8) is 0 Å². The van der Waals surface area contributed by atoms with Gasteiger partial charge in [0.25, 0.3) is 0 Å². The van der Waals surface area contributed by atoms with Gasteiger partial charge >= 0.3 is 0 Å². The summed E-state index contributed by atoms with van der Waals surface area (Å²) in [5.74, 6) is 0. The molecule has 1 aromatic heterocycles. The molecule has 0 saturated carbocycles. The second kappa shape index (κ2) is 5.11. The molecule has 2 heterocycles. The number of hydrogen-bond acceptors (Lipinski definition) is 3. The van der Waals surface area contributed by atoms with Crippen molar-refractivity contribution in [1.82, 2.24) is 4.98 Å². The van der Waals surface area contributed by atoms with Crippen LogP contribution in [0.4, 0.5) is 5.69 Å². The van der Waals surface area contributed by atoms with Gasteiger partial charge in [0, 0.05) is 13.1 Å². The third-order valence-electron chi connectivity index (χ3n) is 3.58. The van der Waals surface area contributed by atoms with Gasteiger partial charge in [0.2, 0.25) is 0 Å². The van der Waals surface area contributed by atoms with Crippen LogP contribution in [-0.4, -0.2) is 11.5 Å². The number of benzene rings is 1. The van der Waals surface area contributed by atoms with Crippen LogP contribution in [0.1, 0.15) is 23.2 Å². The SMILES string of the molecule is N#Cc1ccc(N2CCCc3ccccc3C2)cn1. The van der Waals surface area contributed by atoms with Crippen molar-refractivity contribution in [3.05, 3.63) is 59.4 Å². The van der Waals surface area contributed by atoms with Crippen LogP contribution in [-0.2, 0) is 13.0 Å². The third kappa shape index (κ3) is 2.43. The molecule has 3 rings (SSSR count). The second-order valence-electron chi connectivity index (χ2n) is 4.81. The number of aryl methyl sites for hydroxylation is 1. The maximum absolute atomic E-state index is 8.79. The molecule has 0 N–H and O–H groups in total. The highest BCUT2D eigenvalue weighted by atomic mass is 15.1. The normalized spacial score (nSPS) is 14.4. The van der Waals surface area contributed by atoms with E-state index in [4.69, 9.17) is 5.26 Å². The van der Waals surface area contributed by atoms with E-state index in [0.717, 1.165) is 31.6 Å². The van der Waals surface area contributed by atoms with Gasteiger partial charge in [-0.15, -0.1) is 0 Å². The van der Waals surface area contributed by atoms with Crippen molar-refractivity contribution in [2.45, 2.75) is 19.4 Å². The summed E-state index contributed by atoms with van der Waals surface area (Å²) in [7, 11) is 0. The van der Waals surface area contributed by atoms with Gasteiger partial charge in [0.05, 0.1) is 11.9 Å². The molecule has 1 aliphatic heterocycles. The number of fused-ring (bicyclic) bond motifs is 1. The number of pyridine rings is 1. The average Bonchev–Trinajstić information content (AvgIpc) is 2.69. The Bertz CT molecular complexity index is 611. The fourth-order valence-electron chi connectivity index (χ4n) is 2.56. The van der Waals surface area contributed by atoms with E-state index in [-0.39, 0.29) is 0 Å². The Kier molecular flexibility index (Phi) is 3.16. The van der Waals surface area contributed by atoms with Crippen LogP contribution in [0, 0.1) is 11.3 Å². The van der Waals surface area contributed by atoms with Crippen LogP contribution in [0.15, 0.2) is 42.6 Å². The number of nitriles is 1. The minimum Gasteiger partial charge on any atom is -0.366 e. The molecule has 1 aromatic carbocycles. The fourth-order valence-corrected chi connectivity index (χ4v) is 2.56. The van der Waals surface area contributed by atoms with E-state index < -0.39 is 0 Å². The lowest BCUT2D eigenvalue weighted by atomic mass is 10.0. The first-order valence-corrected chi connectivity index (χ1v) is 6.55. The van der Waals surface area contributed by atoms with E-state index in [9.17, 15) is 0 Å². The minimum absolute atomic E-state index is 0.471. The predicted molar refractivity (Wildman–Crippen MR) is 74.8 cm³/mol. The predicted octanol–water partition coefficient (Wildman–Crippen LogP) is 2.91. The van der Waals surface area contributed by atoms with Gasteiger partial charge in [-0.25, -0.2) is 4.98 Å². The number of anilines is 1. The quantitative estimate of drug-likeness (QED) is 0.780. The molecule has 0 bridgehead atoms. The molecule has 0 aliphatic carbocycles. The summed E-state index contributed by atoms with van der Waals surface area (Å²) in [6, 6.07) is 14.4. The molecular formula is C16H15N3. The van der Waals surface area contributed by atoms with Crippen LogP contribution in [0.5, 0.6) is 0 Å². The molecule has 0 amide bonds. The summed E-state index contributed by atoms with van der Waals surface area (Å²) >= 11 is 0. The summed E-state index contributed by atoms with van der Waals surface area (Å²) in [5.41, 5.74) is 4.41. The van der Waals surface area contributed by atoms with Crippen LogP contribution in [0.25, 0.3) is 0 Å². The molecule has 0 atom stereocenters. The molecule has 0 radical (unpaired) electrons. The van der Waals surface area contributed by atoms with Crippen molar-refractivity contribution in [2.24, 2.45) is 0 Å². The third-order valence-corrected chi connectivity index (χ3v) is 3.58. The maximum atomic E-state index is 8.79. The lowest BCUT2D eigenvalue weighted by Gasteiger charge is -2.22. The van der Waals surface area contributed by atoms with Crippen molar-refractivity contribution in [1.29, 1.82) is 5.26 Å². The van der Waals surface area contributed by atoms with Crippen molar-refractivity contribution in [2.75, 3.05) is 11.4 Å². The van der Waals surface area contributed by atoms with Gasteiger partial charge in [0.1, 0.15) is 11.8 Å². The Hall–Kier alpha value is -2.34. The molecule has 0 unspecified atom stereocenters. The highest BCUT2D eigenvalue weighted by molar-refractivity contribution is 5.48. The zero-order valence-corrected chi connectivity index (χ0v) is 10.7. The topological polar surface area (TPSA) is 39.9 Å². The van der Waals surface area contributed by atoms with Gasteiger partial charge < -0.3 is 4.90 Å². The highest BCUT2D eigenvalue weighted by Gasteiger charge is 2.14. The summed E-state index contributed by atoms with van der Waals surface area (Å²) in [6.45, 7) is 1.95. The van der Waals surface area contributed by atoms with E-state index in [0.29, 0.717) is 5.69 Å². The van der Waals surface area contributed by atoms with E-state index >= 15 is 0 Å². The van der Waals surface area contributed by atoms with Crippen molar-refractivity contribution in [3.8, 4) is 6.07 Å². The van der Waals surface area contributed by atoms with Crippen LogP contribution in [0.3, 0.4) is 0 Å². The Balaban J connectivity index is 1.88. The minimum atomic E-state index is 0.471. The molecule has 1 aliphatic rings. The number of rotatable bonds is 1. The highest BCUT2D eigenvalue weighted by Crippen LogP contribution is 2.23. The Morgan fingerprint density at radius 2 is 1.95 bits per heavy atom. The standard InChI is InChI=1S/C16H15N3/c17-10-15-7-8-16(11-18-15)19-9-3-6-13-4-1-2-5-14(13)12-19/h1-2,4-5,7-8,11H,3,6,9,12H2. The lowest BCUT2D eigenvalue weighted by molar-refractivity contribution is 0.764. The monoisotopic (exact) mass is 249 g/mol. The molecule has 94 valence electrons. The summed E-state index contributed by atoms with van der Waals surface area (Å²) in [5, 5.41) is 8.79. The lowest BCUT2D eigenvalue weighted by Crippen LogP contribution is -2.22. The van der Waals surface area contributed by atoms with E-state index in [1.807, 2.05) is 6.07 Å². The first-order valence-electron chi connectivity index (χ1n) is 6.55. The van der Waals surface area contributed by atoms with Gasteiger partial charge in [-0.3, -0.25) is 0 Å². The zero-order chi connectivity index (χ0) is 13.1. The summed E-state index contributed by atoms with van der Waals surface area (Å²) < 4.78 is 0. The number of nitrogens with zero attached hydrogens (tertiary/aromatic N) is 3. The second-order valence-corrected chi connectivity index (χ2v) is 4.81. The molecule has 19 heavy (non-hydrogen) atoms. The van der Waals surface area contributed by atoms with Crippen LogP contribution >= 0.6 is 0 Å². The van der Waals surface area contributed by atoms with Crippen molar-refractivity contribution >= 4 is 5.69 Å². The van der Waals surface area contributed by atoms with E-state index in [1.54, 1.807) is 12.3 Å². The first kappa shape index (κ1) is 11.7. The molecule has 0 fully saturated rings. The van der Waals surface area contributed by atoms with E-state index in [2.05, 4.69) is 40.2 Å². The maximum Gasteiger partial charge on any atom is 0.140 e. The van der Waals surface area contributed by atoms with Gasteiger partial charge in [-0.2, -0.15) is 5.26 Å². The van der Waals surface area contributed by atoms with Crippen molar-refractivity contribution < 1.29 is 0 Å². The molecule has 0 spiro atoms. The Morgan fingerprint density at radius 3 is 2.68 bits per heavy atom. The van der Waals surface area contributed by atoms with Crippen LogP contribution in [0.2, 0.25) is 0 Å². The molecule has 0 saturated heterocycles. The largest absolute Gasteiger partial charge is 0.366 e. The molecule has 3 heteroatoms. The molecule has 3 nitrogen and oxygen atoms in total. The number of hydrogen-bond donors (Lipinski definition) is 0. The molecular weight excluding hydrogens is 234 g/mol. The Labute approximate surface area is 113 Å². The average molecular weight is 249 g/mol. The zero-order valence-electron chi connectivity index (χ0n) is 10.7. The van der Waals surface area contributed by atoms with E-state index in [1.165, 1.54) is 11.1 Å². The smallest absolute Gasteiger partial charge is 0.140 e. The van der Waals surface area contributed by atoms with Gasteiger partial charge in [-0.05, 0) is 36.1 Å². The Morgan fingerprint density at radius 1 is 1.11 bits per heavy atom. The summed E-state index contributed by atoms with van der Waals surface area (Å²) in [4.78, 5) is 6.49. The van der Waals surface area contributed by atoms with Gasteiger partial charge in [-0.1, -0.05) is 24.3 Å². The summed E-state index contributed by atoms with van der Waals surface area (Å²) in [6.07, 6.45) is 4.08. The van der Waals surface area contributed by atoms with Gasteiger partial charge in [0.15, 0.2) is 0 Å². The molecule has 2 aromatic rings. The first-order chi connectivity index (χ1) is 9.36.